The van der Waals surface area contributed by atoms with E-state index in [2.05, 4.69) is 32.3 Å². The summed E-state index contributed by atoms with van der Waals surface area (Å²) in [6, 6.07) is 22.0. The van der Waals surface area contributed by atoms with Gasteiger partial charge in [0, 0.05) is 32.0 Å². The number of aromatic nitrogens is 2. The summed E-state index contributed by atoms with van der Waals surface area (Å²) >= 11 is 0. The molecule has 4 rings (SSSR count). The molecular formula is C26H26N4O3. The molecule has 0 saturated carbocycles. The number of methoxy groups -OCH3 is 1. The van der Waals surface area contributed by atoms with Crippen molar-refractivity contribution in [2.24, 2.45) is 0 Å². The van der Waals surface area contributed by atoms with Crippen molar-refractivity contribution in [3.8, 4) is 5.75 Å². The van der Waals surface area contributed by atoms with Crippen LogP contribution in [-0.2, 0) is 26.2 Å². The van der Waals surface area contributed by atoms with Crippen LogP contribution in [0.2, 0.25) is 0 Å². The van der Waals surface area contributed by atoms with Gasteiger partial charge in [0.2, 0.25) is 5.89 Å². The molecule has 0 fully saturated rings. The summed E-state index contributed by atoms with van der Waals surface area (Å²) in [5.41, 5.74) is 3.51. The van der Waals surface area contributed by atoms with E-state index < -0.39 is 0 Å². The van der Waals surface area contributed by atoms with Crippen LogP contribution in [-0.4, -0.2) is 27.9 Å². The van der Waals surface area contributed by atoms with E-state index in [9.17, 15) is 4.79 Å². The van der Waals surface area contributed by atoms with Gasteiger partial charge in [-0.05, 0) is 34.9 Å². The Hall–Kier alpha value is -3.97. The molecule has 0 radical (unpaired) electrons. The largest absolute Gasteiger partial charge is 0.497 e. The highest BCUT2D eigenvalue weighted by molar-refractivity contribution is 5.91. The Balaban J connectivity index is 1.42. The maximum Gasteiger partial charge on any atom is 0.273 e. The highest BCUT2D eigenvalue weighted by atomic mass is 16.5. The number of pyridine rings is 1. The Kier molecular flexibility index (Phi) is 7.45. The van der Waals surface area contributed by atoms with Gasteiger partial charge in [-0.3, -0.25) is 14.7 Å². The van der Waals surface area contributed by atoms with Crippen molar-refractivity contribution in [2.75, 3.05) is 7.11 Å². The average molecular weight is 443 g/mol. The van der Waals surface area contributed by atoms with Gasteiger partial charge in [0.05, 0.1) is 13.7 Å². The average Bonchev–Trinajstić information content (AvgIpc) is 3.33. The van der Waals surface area contributed by atoms with Crippen LogP contribution >= 0.6 is 0 Å². The molecule has 2 aromatic heterocycles. The van der Waals surface area contributed by atoms with Crippen LogP contribution < -0.4 is 10.1 Å². The summed E-state index contributed by atoms with van der Waals surface area (Å²) in [4.78, 5) is 23.2. The number of rotatable bonds is 10. The van der Waals surface area contributed by atoms with Crippen molar-refractivity contribution >= 4 is 5.91 Å². The Morgan fingerprint density at radius 1 is 0.939 bits per heavy atom. The normalized spacial score (nSPS) is 10.8. The van der Waals surface area contributed by atoms with Gasteiger partial charge >= 0.3 is 0 Å². The van der Waals surface area contributed by atoms with Gasteiger partial charge in [-0.15, -0.1) is 0 Å². The molecule has 0 aliphatic heterocycles. The van der Waals surface area contributed by atoms with Crippen molar-refractivity contribution in [3.63, 3.8) is 0 Å². The van der Waals surface area contributed by atoms with Crippen LogP contribution in [0.4, 0.5) is 0 Å². The van der Waals surface area contributed by atoms with Gasteiger partial charge in [0.15, 0.2) is 5.69 Å². The lowest BCUT2D eigenvalue weighted by molar-refractivity contribution is 0.0945. The lowest BCUT2D eigenvalue weighted by Crippen LogP contribution is -2.24. The maximum atomic E-state index is 12.5. The maximum absolute atomic E-state index is 12.5. The Labute approximate surface area is 193 Å². The number of carbonyl (C=O) groups is 1. The van der Waals surface area contributed by atoms with Crippen molar-refractivity contribution in [1.29, 1.82) is 0 Å². The zero-order valence-corrected chi connectivity index (χ0v) is 18.5. The second-order valence-corrected chi connectivity index (χ2v) is 7.65. The first-order valence-corrected chi connectivity index (χ1v) is 10.7. The lowest BCUT2D eigenvalue weighted by Gasteiger charge is -2.21. The Morgan fingerprint density at radius 2 is 1.67 bits per heavy atom. The number of carbonyl (C=O) groups excluding carboxylic acids is 1. The van der Waals surface area contributed by atoms with E-state index >= 15 is 0 Å². The third-order valence-corrected chi connectivity index (χ3v) is 5.13. The molecule has 0 aliphatic carbocycles. The molecule has 0 saturated heterocycles. The van der Waals surface area contributed by atoms with Gasteiger partial charge in [-0.25, -0.2) is 4.98 Å². The number of ether oxygens (including phenoxy) is 1. The third kappa shape index (κ3) is 6.51. The summed E-state index contributed by atoms with van der Waals surface area (Å²) in [7, 11) is 1.66. The minimum atomic E-state index is -0.279. The molecule has 1 amide bonds. The van der Waals surface area contributed by atoms with Crippen LogP contribution in [0, 0.1) is 0 Å². The standard InChI is InChI=1S/C26H26N4O3/c1-32-23-11-9-21(10-12-23)17-30(16-20-6-3-2-4-7-20)18-25-29-24(19-33-25)26(31)28-15-22-8-5-13-27-14-22/h2-14,19H,15-18H2,1H3,(H,28,31). The fraction of sp³-hybridized carbons (Fsp3) is 0.192. The van der Waals surface area contributed by atoms with Crippen LogP contribution in [0.15, 0.2) is 89.8 Å². The van der Waals surface area contributed by atoms with E-state index in [0.29, 0.717) is 25.5 Å². The quantitative estimate of drug-likeness (QED) is 0.396. The summed E-state index contributed by atoms with van der Waals surface area (Å²) < 4.78 is 10.9. The first-order valence-electron chi connectivity index (χ1n) is 10.7. The molecule has 7 heteroatoms. The second-order valence-electron chi connectivity index (χ2n) is 7.65. The molecule has 0 aliphatic rings. The molecule has 7 nitrogen and oxygen atoms in total. The number of hydrogen-bond acceptors (Lipinski definition) is 6. The molecule has 1 N–H and O–H groups in total. The number of amides is 1. The lowest BCUT2D eigenvalue weighted by atomic mass is 10.1. The molecule has 4 aromatic rings. The zero-order chi connectivity index (χ0) is 22.9. The number of oxazole rings is 1. The summed E-state index contributed by atoms with van der Waals surface area (Å²) in [5.74, 6) is 1.03. The predicted octanol–water partition coefficient (Wildman–Crippen LogP) is 4.21. The molecule has 33 heavy (non-hydrogen) atoms. The van der Waals surface area contributed by atoms with E-state index in [0.717, 1.165) is 23.4 Å². The highest BCUT2D eigenvalue weighted by Crippen LogP contribution is 2.17. The first kappa shape index (κ1) is 22.2. The number of hydrogen-bond donors (Lipinski definition) is 1. The van der Waals surface area contributed by atoms with Gasteiger partial charge in [0.25, 0.3) is 5.91 Å². The molecule has 0 unspecified atom stereocenters. The monoisotopic (exact) mass is 442 g/mol. The summed E-state index contributed by atoms with van der Waals surface area (Å²) in [6.07, 6.45) is 4.82. The van der Waals surface area contributed by atoms with Gasteiger partial charge in [-0.1, -0.05) is 48.5 Å². The molecule has 0 spiro atoms. The highest BCUT2D eigenvalue weighted by Gasteiger charge is 2.16. The zero-order valence-electron chi connectivity index (χ0n) is 18.5. The molecule has 0 atom stereocenters. The van der Waals surface area contributed by atoms with Crippen LogP contribution in [0.3, 0.4) is 0 Å². The van der Waals surface area contributed by atoms with Crippen LogP contribution in [0.25, 0.3) is 0 Å². The molecule has 0 bridgehead atoms. The smallest absolute Gasteiger partial charge is 0.273 e. The Bertz CT molecular complexity index is 1150. The number of nitrogens with one attached hydrogen (secondary N) is 1. The van der Waals surface area contributed by atoms with Crippen LogP contribution in [0.1, 0.15) is 33.1 Å². The van der Waals surface area contributed by atoms with Crippen molar-refractivity contribution in [1.82, 2.24) is 20.2 Å². The van der Waals surface area contributed by atoms with E-state index in [1.807, 2.05) is 54.6 Å². The predicted molar refractivity (Wildman–Crippen MR) is 124 cm³/mol. The van der Waals surface area contributed by atoms with E-state index in [1.54, 1.807) is 19.5 Å². The summed E-state index contributed by atoms with van der Waals surface area (Å²) in [5, 5.41) is 2.85. The number of nitrogens with zero attached hydrogens (tertiary/aromatic N) is 3. The van der Waals surface area contributed by atoms with E-state index in [1.165, 1.54) is 11.8 Å². The van der Waals surface area contributed by atoms with Crippen molar-refractivity contribution < 1.29 is 13.9 Å². The van der Waals surface area contributed by atoms with Crippen LogP contribution in [0.5, 0.6) is 5.75 Å². The molecular weight excluding hydrogens is 416 g/mol. The molecule has 168 valence electrons. The molecule has 2 heterocycles. The topological polar surface area (TPSA) is 80.5 Å². The minimum Gasteiger partial charge on any atom is -0.497 e. The fourth-order valence-electron chi connectivity index (χ4n) is 3.45. The third-order valence-electron chi connectivity index (χ3n) is 5.13. The van der Waals surface area contributed by atoms with Gasteiger partial charge in [0.1, 0.15) is 12.0 Å². The van der Waals surface area contributed by atoms with E-state index in [4.69, 9.17) is 9.15 Å². The minimum absolute atomic E-state index is 0.262. The van der Waals surface area contributed by atoms with Crippen molar-refractivity contribution in [2.45, 2.75) is 26.2 Å². The van der Waals surface area contributed by atoms with Gasteiger partial charge in [-0.2, -0.15) is 0 Å². The molecule has 2 aromatic carbocycles. The van der Waals surface area contributed by atoms with E-state index in [-0.39, 0.29) is 11.6 Å². The van der Waals surface area contributed by atoms with Crippen molar-refractivity contribution in [3.05, 3.63) is 114 Å². The van der Waals surface area contributed by atoms with Gasteiger partial charge < -0.3 is 14.5 Å². The Morgan fingerprint density at radius 3 is 2.36 bits per heavy atom. The first-order chi connectivity index (χ1) is 16.2. The fourth-order valence-corrected chi connectivity index (χ4v) is 3.45. The second kappa shape index (κ2) is 11.1. The number of benzene rings is 2. The SMILES string of the molecule is COc1ccc(CN(Cc2ccccc2)Cc2nc(C(=O)NCc3cccnc3)co2)cc1. The summed E-state index contributed by atoms with van der Waals surface area (Å²) in [6.45, 7) is 2.27.